The number of aliphatic hydroxyl groups is 4. The van der Waals surface area contributed by atoms with E-state index in [1.54, 1.807) is 0 Å². The van der Waals surface area contributed by atoms with Gasteiger partial charge in [-0.05, 0) is 0 Å². The first-order valence-corrected chi connectivity index (χ1v) is 4.95. The average molecular weight is 267 g/mol. The Kier molecular flexibility index (Phi) is 9.47. The third-order valence-corrected chi connectivity index (χ3v) is 3.35. The fraction of sp³-hybridized carbons (Fsp3) is 0.500. The van der Waals surface area contributed by atoms with E-state index < -0.39 is 33.0 Å². The number of ether oxygens (including phenoxy) is 1. The van der Waals surface area contributed by atoms with Crippen LogP contribution in [0.5, 0.6) is 0 Å². The summed E-state index contributed by atoms with van der Waals surface area (Å²) in [5, 5.41) is 45.0. The second-order valence-electron chi connectivity index (χ2n) is 2.97. The SMILES string of the molecule is O=C1O[C@]([Na])([C@@H](O)CO)C(O)=C1O.O=N[O-].[Na+]. The summed E-state index contributed by atoms with van der Waals surface area (Å²) < 4.78 is 2.95. The molecule has 1 aliphatic heterocycles. The van der Waals surface area contributed by atoms with Gasteiger partial charge in [0.05, 0.1) is 0 Å². The number of aliphatic hydroxyl groups excluding tert-OH is 4. The quantitative estimate of drug-likeness (QED) is 0.168. The molecule has 0 aliphatic carbocycles. The summed E-state index contributed by atoms with van der Waals surface area (Å²) in [6, 6.07) is 0. The van der Waals surface area contributed by atoms with Crippen LogP contribution in [0.15, 0.2) is 16.9 Å². The van der Waals surface area contributed by atoms with Gasteiger partial charge in [-0.15, -0.1) is 5.34 Å². The van der Waals surface area contributed by atoms with E-state index in [1.807, 2.05) is 0 Å². The Morgan fingerprint density at radius 2 is 1.94 bits per heavy atom. The van der Waals surface area contributed by atoms with E-state index in [2.05, 4.69) is 4.74 Å². The van der Waals surface area contributed by atoms with Crippen LogP contribution in [0.4, 0.5) is 0 Å². The Balaban J connectivity index is 0. The summed E-state index contributed by atoms with van der Waals surface area (Å²) >= 11 is 0.0650. The molecule has 0 saturated carbocycles. The average Bonchev–Trinajstić information content (AvgIpc) is 2.44. The molecule has 0 aromatic rings. The predicted molar refractivity (Wildman–Crippen MR) is 49.1 cm³/mol. The first kappa shape index (κ1) is 19.5. The molecule has 0 spiro atoms. The van der Waals surface area contributed by atoms with Crippen LogP contribution in [0, 0.1) is 10.1 Å². The van der Waals surface area contributed by atoms with Crippen molar-refractivity contribution in [3.8, 4) is 0 Å². The number of esters is 1. The molecule has 0 radical (unpaired) electrons. The topological polar surface area (TPSA) is 160 Å². The summed E-state index contributed by atoms with van der Waals surface area (Å²) in [5.74, 6) is -2.69. The smallest absolute Gasteiger partial charge is 0.444 e. The maximum atomic E-state index is 10.8. The Bertz CT molecular complexity index is 321. The van der Waals surface area contributed by atoms with Crippen molar-refractivity contribution in [2.24, 2.45) is 5.34 Å². The minimum Gasteiger partial charge on any atom is -0.444 e. The second kappa shape index (κ2) is 8.27. The molecule has 1 rings (SSSR count). The Labute approximate surface area is 135 Å². The van der Waals surface area contributed by atoms with Crippen molar-refractivity contribution in [2.75, 3.05) is 6.61 Å². The Morgan fingerprint density at radius 3 is 2.18 bits per heavy atom. The van der Waals surface area contributed by atoms with Crippen LogP contribution in [0.2, 0.25) is 0 Å². The van der Waals surface area contributed by atoms with Crippen molar-refractivity contribution < 1.29 is 59.5 Å². The first-order valence-electron chi connectivity index (χ1n) is 3.95. The van der Waals surface area contributed by atoms with Crippen LogP contribution in [-0.4, -0.2) is 69.9 Å². The van der Waals surface area contributed by atoms with E-state index in [4.69, 9.17) is 20.3 Å². The van der Waals surface area contributed by atoms with Gasteiger partial charge in [-0.2, -0.15) is 0 Å². The zero-order chi connectivity index (χ0) is 12.9. The maximum Gasteiger partial charge on any atom is 1.00 e. The van der Waals surface area contributed by atoms with E-state index in [9.17, 15) is 15.0 Å². The molecule has 0 saturated heterocycles. The molecule has 11 heteroatoms. The summed E-state index contributed by atoms with van der Waals surface area (Å²) in [6.07, 6.45) is -1.41. The predicted octanol–water partition coefficient (Wildman–Crippen LogP) is -4.66. The fourth-order valence-electron chi connectivity index (χ4n) is 1.02. The molecular formula is C6H7NNa2O8. The van der Waals surface area contributed by atoms with E-state index in [0.29, 0.717) is 0 Å². The number of carbonyl (C=O) groups excluding carboxylic acids is 1. The number of cyclic esters (lactones) is 1. The van der Waals surface area contributed by atoms with Crippen molar-refractivity contribution >= 4 is 33.9 Å². The maximum absolute atomic E-state index is 10.8. The molecule has 86 valence electrons. The third-order valence-electron chi connectivity index (χ3n) is 2.00. The van der Waals surface area contributed by atoms with Gasteiger partial charge in [-0.1, -0.05) is 0 Å². The van der Waals surface area contributed by atoms with Gasteiger partial charge < -0.3 is 10.1 Å². The third kappa shape index (κ3) is 4.38. The van der Waals surface area contributed by atoms with E-state index in [1.165, 1.54) is 0 Å². The molecular weight excluding hydrogens is 260 g/mol. The van der Waals surface area contributed by atoms with Crippen LogP contribution < -0.4 is 29.6 Å². The molecule has 4 N–H and O–H groups in total. The summed E-state index contributed by atoms with van der Waals surface area (Å²) in [5.41, 5.74) is 0. The van der Waals surface area contributed by atoms with Crippen LogP contribution in [0.1, 0.15) is 0 Å². The fourth-order valence-corrected chi connectivity index (χ4v) is 1.63. The van der Waals surface area contributed by atoms with Crippen LogP contribution in [0.3, 0.4) is 0 Å². The zero-order valence-electron chi connectivity index (χ0n) is 9.15. The zero-order valence-corrected chi connectivity index (χ0v) is 13.2. The van der Waals surface area contributed by atoms with Crippen molar-refractivity contribution in [1.29, 1.82) is 0 Å². The van der Waals surface area contributed by atoms with Crippen molar-refractivity contribution in [1.82, 2.24) is 0 Å². The van der Waals surface area contributed by atoms with Crippen LogP contribution in [-0.2, 0) is 9.53 Å². The molecule has 1 aliphatic rings. The second-order valence-corrected chi connectivity index (χ2v) is 4.45. The van der Waals surface area contributed by atoms with Gasteiger partial charge in [0.15, 0.2) is 0 Å². The van der Waals surface area contributed by atoms with Gasteiger partial charge >= 0.3 is 120 Å². The monoisotopic (exact) mass is 267 g/mol. The summed E-state index contributed by atoms with van der Waals surface area (Å²) in [6.45, 7) is -0.659. The molecule has 9 nitrogen and oxygen atoms in total. The molecule has 1 heterocycles. The molecule has 0 unspecified atom stereocenters. The number of nitrogens with zero attached hydrogens (tertiary/aromatic N) is 1. The van der Waals surface area contributed by atoms with Crippen LogP contribution >= 0.6 is 0 Å². The molecule has 0 bridgehead atoms. The van der Waals surface area contributed by atoms with E-state index in [0.717, 1.165) is 5.34 Å². The summed E-state index contributed by atoms with van der Waals surface area (Å²) in [7, 11) is 0. The Hall–Kier alpha value is 0.130. The Morgan fingerprint density at radius 1 is 1.53 bits per heavy atom. The van der Waals surface area contributed by atoms with Crippen molar-refractivity contribution in [2.45, 2.75) is 8.95 Å². The number of rotatable bonds is 2. The van der Waals surface area contributed by atoms with Crippen molar-refractivity contribution in [3.05, 3.63) is 21.6 Å². The number of hydrogen-bond acceptors (Lipinski definition) is 9. The van der Waals surface area contributed by atoms with E-state index >= 15 is 0 Å². The van der Waals surface area contributed by atoms with E-state index in [-0.39, 0.29) is 57.5 Å². The largest absolute Gasteiger partial charge is 1.00 e. The molecule has 0 aromatic heterocycles. The van der Waals surface area contributed by atoms with Gasteiger partial charge in [0, 0.05) is 0 Å². The van der Waals surface area contributed by atoms with Gasteiger partial charge in [-0.25, -0.2) is 0 Å². The molecule has 2 atom stereocenters. The molecule has 0 aromatic carbocycles. The van der Waals surface area contributed by atoms with Crippen molar-refractivity contribution in [3.63, 3.8) is 0 Å². The minimum atomic E-state index is -1.62. The molecule has 0 amide bonds. The molecule has 17 heavy (non-hydrogen) atoms. The standard InChI is InChI=1S/C6H7O6.HNO2.2Na/c7-1-2(8)5-3(9)4(10)6(11)12-5;2-1-3;;/h2,7-10H,1H2;(H,2,3);;/q;;;+1/p-1/t2-;;;/m0.../s1. The van der Waals surface area contributed by atoms with Gasteiger partial charge in [0.25, 0.3) is 0 Å². The number of hydrogen-bond donors (Lipinski definition) is 4. The number of carbonyl (C=O) groups is 1. The van der Waals surface area contributed by atoms with Crippen LogP contribution in [0.25, 0.3) is 0 Å². The minimum absolute atomic E-state index is 0. The first-order chi connectivity index (χ1) is 7.34. The summed E-state index contributed by atoms with van der Waals surface area (Å²) in [4.78, 5) is 18.8. The van der Waals surface area contributed by atoms with Gasteiger partial charge in [-0.3, -0.25) is 0 Å². The normalized spacial score (nSPS) is 24.1. The van der Waals surface area contributed by atoms with Gasteiger partial charge in [0.1, 0.15) is 0 Å². The van der Waals surface area contributed by atoms with Gasteiger partial charge in [0.2, 0.25) is 0 Å². The molecule has 0 fully saturated rings.